The minimum Gasteiger partial charge on any atom is -0.384 e. The molecule has 1 unspecified atom stereocenters. The molecule has 2 rings (SSSR count). The summed E-state index contributed by atoms with van der Waals surface area (Å²) in [6.45, 7) is 4.26. The lowest BCUT2D eigenvalue weighted by atomic mass is 10.1. The van der Waals surface area contributed by atoms with Crippen LogP contribution in [0.25, 0.3) is 0 Å². The van der Waals surface area contributed by atoms with Gasteiger partial charge in [-0.2, -0.15) is 0 Å². The molecule has 16 heavy (non-hydrogen) atoms. The lowest BCUT2D eigenvalue weighted by molar-refractivity contribution is 0.659. The minimum absolute atomic E-state index is 0.0418. The normalized spacial score (nSPS) is 20.1. The number of hydrogen-bond donors (Lipinski definition) is 2. The van der Waals surface area contributed by atoms with E-state index in [4.69, 9.17) is 22.7 Å². The quantitative estimate of drug-likeness (QED) is 0.613. The summed E-state index contributed by atoms with van der Waals surface area (Å²) in [6, 6.07) is 5.68. The average Bonchev–Trinajstić information content (AvgIpc) is 2.63. The third kappa shape index (κ3) is 2.00. The van der Waals surface area contributed by atoms with Gasteiger partial charge < -0.3 is 10.6 Å². The van der Waals surface area contributed by atoms with Crippen molar-refractivity contribution in [3.05, 3.63) is 28.8 Å². The van der Waals surface area contributed by atoms with Crippen molar-refractivity contribution in [3.8, 4) is 0 Å². The Balaban J connectivity index is 2.40. The Morgan fingerprint density at radius 3 is 2.88 bits per heavy atom. The van der Waals surface area contributed by atoms with E-state index in [9.17, 15) is 0 Å². The van der Waals surface area contributed by atoms with Gasteiger partial charge in [-0.3, -0.25) is 5.41 Å². The first kappa shape index (κ1) is 11.3. The highest BCUT2D eigenvalue weighted by atomic mass is 35.5. The van der Waals surface area contributed by atoms with Crippen LogP contribution >= 0.6 is 11.6 Å². The van der Waals surface area contributed by atoms with Crippen LogP contribution < -0.4 is 10.6 Å². The summed E-state index contributed by atoms with van der Waals surface area (Å²) in [4.78, 5) is 2.26. The standard InChI is InChI=1S/C12H16ClN3/c1-8-5-6-16(7-8)10-4-2-3-9(13)11(10)12(14)15/h2-4,8H,5-7H2,1H3,(H3,14,15). The van der Waals surface area contributed by atoms with E-state index in [-0.39, 0.29) is 5.84 Å². The topological polar surface area (TPSA) is 53.1 Å². The summed E-state index contributed by atoms with van der Waals surface area (Å²) in [5.41, 5.74) is 7.25. The second-order valence-corrected chi connectivity index (χ2v) is 4.79. The number of anilines is 1. The molecule has 0 aliphatic carbocycles. The van der Waals surface area contributed by atoms with Crippen LogP contribution in [-0.2, 0) is 0 Å². The number of rotatable bonds is 2. The zero-order valence-electron chi connectivity index (χ0n) is 9.33. The maximum Gasteiger partial charge on any atom is 0.126 e. The van der Waals surface area contributed by atoms with Crippen LogP contribution in [-0.4, -0.2) is 18.9 Å². The molecule has 3 nitrogen and oxygen atoms in total. The van der Waals surface area contributed by atoms with E-state index in [1.165, 1.54) is 6.42 Å². The molecule has 0 spiro atoms. The lowest BCUT2D eigenvalue weighted by Crippen LogP contribution is -2.24. The average molecular weight is 238 g/mol. The smallest absolute Gasteiger partial charge is 0.126 e. The predicted octanol–water partition coefficient (Wildman–Crippen LogP) is 2.47. The number of halogens is 1. The van der Waals surface area contributed by atoms with Gasteiger partial charge in [-0.25, -0.2) is 0 Å². The van der Waals surface area contributed by atoms with Gasteiger partial charge >= 0.3 is 0 Å². The Hall–Kier alpha value is -1.22. The van der Waals surface area contributed by atoms with E-state index >= 15 is 0 Å². The molecular formula is C12H16ClN3. The van der Waals surface area contributed by atoms with Crippen LogP contribution in [0.2, 0.25) is 5.02 Å². The molecule has 3 N–H and O–H groups in total. The van der Waals surface area contributed by atoms with Crippen LogP contribution in [0.15, 0.2) is 18.2 Å². The van der Waals surface area contributed by atoms with Crippen molar-refractivity contribution < 1.29 is 0 Å². The maximum absolute atomic E-state index is 7.60. The zero-order valence-corrected chi connectivity index (χ0v) is 10.1. The molecule has 1 aromatic carbocycles. The van der Waals surface area contributed by atoms with Gasteiger partial charge in [-0.15, -0.1) is 0 Å². The van der Waals surface area contributed by atoms with Crippen LogP contribution in [0, 0.1) is 11.3 Å². The molecule has 1 aliphatic rings. The van der Waals surface area contributed by atoms with Gasteiger partial charge in [-0.1, -0.05) is 24.6 Å². The Bertz CT molecular complexity index is 417. The largest absolute Gasteiger partial charge is 0.384 e. The first-order valence-electron chi connectivity index (χ1n) is 5.47. The number of nitrogens with two attached hydrogens (primary N) is 1. The van der Waals surface area contributed by atoms with E-state index in [0.29, 0.717) is 16.5 Å². The second-order valence-electron chi connectivity index (χ2n) is 4.39. The van der Waals surface area contributed by atoms with Gasteiger partial charge in [0.25, 0.3) is 0 Å². The number of nitrogens with zero attached hydrogens (tertiary/aromatic N) is 1. The lowest BCUT2D eigenvalue weighted by Gasteiger charge is -2.22. The molecule has 1 aromatic rings. The van der Waals surface area contributed by atoms with Gasteiger partial charge in [0.2, 0.25) is 0 Å². The third-order valence-corrected chi connectivity index (χ3v) is 3.34. The molecule has 0 saturated carbocycles. The van der Waals surface area contributed by atoms with Gasteiger partial charge in [0.05, 0.1) is 10.6 Å². The SMILES string of the molecule is CC1CCN(c2cccc(Cl)c2C(=N)N)C1. The summed E-state index contributed by atoms with van der Waals surface area (Å²) in [5, 5.41) is 8.16. The molecule has 1 fully saturated rings. The summed E-state index contributed by atoms with van der Waals surface area (Å²) in [7, 11) is 0. The van der Waals surface area contributed by atoms with Gasteiger partial charge in [0.1, 0.15) is 5.84 Å². The monoisotopic (exact) mass is 237 g/mol. The van der Waals surface area contributed by atoms with Crippen LogP contribution in [0.5, 0.6) is 0 Å². The summed E-state index contributed by atoms with van der Waals surface area (Å²) < 4.78 is 0. The fourth-order valence-electron chi connectivity index (χ4n) is 2.20. The molecule has 1 atom stereocenters. The molecule has 1 saturated heterocycles. The molecule has 0 radical (unpaired) electrons. The molecule has 0 aromatic heterocycles. The minimum atomic E-state index is 0.0418. The van der Waals surface area contributed by atoms with E-state index < -0.39 is 0 Å². The van der Waals surface area contributed by atoms with Crippen molar-refractivity contribution in [1.29, 1.82) is 5.41 Å². The Morgan fingerprint density at radius 2 is 2.31 bits per heavy atom. The fourth-order valence-corrected chi connectivity index (χ4v) is 2.47. The van der Waals surface area contributed by atoms with Gasteiger partial charge in [0.15, 0.2) is 0 Å². The number of nitrogen functional groups attached to an aromatic ring is 1. The van der Waals surface area contributed by atoms with Gasteiger partial charge in [-0.05, 0) is 24.5 Å². The second kappa shape index (κ2) is 4.34. The van der Waals surface area contributed by atoms with Crippen molar-refractivity contribution in [3.63, 3.8) is 0 Å². The van der Waals surface area contributed by atoms with Crippen LogP contribution in [0.1, 0.15) is 18.9 Å². The molecule has 86 valence electrons. The highest BCUT2D eigenvalue weighted by Gasteiger charge is 2.22. The van der Waals surface area contributed by atoms with Crippen LogP contribution in [0.4, 0.5) is 5.69 Å². The molecule has 1 heterocycles. The highest BCUT2D eigenvalue weighted by molar-refractivity contribution is 6.34. The van der Waals surface area contributed by atoms with Crippen molar-refractivity contribution in [1.82, 2.24) is 0 Å². The Labute approximate surface area is 101 Å². The van der Waals surface area contributed by atoms with Crippen LogP contribution in [0.3, 0.4) is 0 Å². The number of hydrogen-bond acceptors (Lipinski definition) is 2. The fraction of sp³-hybridized carbons (Fsp3) is 0.417. The zero-order chi connectivity index (χ0) is 11.7. The summed E-state index contributed by atoms with van der Waals surface area (Å²) in [6.07, 6.45) is 1.18. The van der Waals surface area contributed by atoms with Crippen molar-refractivity contribution >= 4 is 23.1 Å². The molecule has 1 aliphatic heterocycles. The number of benzene rings is 1. The first-order chi connectivity index (χ1) is 7.59. The van der Waals surface area contributed by atoms with Gasteiger partial charge in [0, 0.05) is 18.8 Å². The molecule has 4 heteroatoms. The summed E-state index contributed by atoms with van der Waals surface area (Å²) >= 11 is 6.09. The van der Waals surface area contributed by atoms with Crippen molar-refractivity contribution in [2.45, 2.75) is 13.3 Å². The maximum atomic E-state index is 7.60. The molecular weight excluding hydrogens is 222 g/mol. The van der Waals surface area contributed by atoms with E-state index in [0.717, 1.165) is 18.8 Å². The summed E-state index contributed by atoms with van der Waals surface area (Å²) in [5.74, 6) is 0.735. The van der Waals surface area contributed by atoms with E-state index in [1.807, 2.05) is 12.1 Å². The Kier molecular flexibility index (Phi) is 3.06. The Morgan fingerprint density at radius 1 is 1.56 bits per heavy atom. The number of amidine groups is 1. The molecule has 0 bridgehead atoms. The third-order valence-electron chi connectivity index (χ3n) is 3.03. The first-order valence-corrected chi connectivity index (χ1v) is 5.85. The predicted molar refractivity (Wildman–Crippen MR) is 68.5 cm³/mol. The van der Waals surface area contributed by atoms with Crippen molar-refractivity contribution in [2.75, 3.05) is 18.0 Å². The number of nitrogens with one attached hydrogen (secondary N) is 1. The van der Waals surface area contributed by atoms with E-state index in [1.54, 1.807) is 6.07 Å². The van der Waals surface area contributed by atoms with E-state index in [2.05, 4.69) is 11.8 Å². The van der Waals surface area contributed by atoms with Crippen molar-refractivity contribution in [2.24, 2.45) is 11.7 Å². The molecule has 0 amide bonds. The highest BCUT2D eigenvalue weighted by Crippen LogP contribution is 2.30.